The van der Waals surface area contributed by atoms with Gasteiger partial charge in [-0.1, -0.05) is 13.8 Å². The zero-order chi connectivity index (χ0) is 14.7. The lowest BCUT2D eigenvalue weighted by molar-refractivity contribution is -0.131. The molecule has 0 spiro atoms. The summed E-state index contributed by atoms with van der Waals surface area (Å²) >= 11 is 0. The Morgan fingerprint density at radius 3 is 2.70 bits per heavy atom. The van der Waals surface area contributed by atoms with Crippen LogP contribution in [0.5, 0.6) is 0 Å². The second kappa shape index (κ2) is 6.90. The average molecular weight is 281 g/mol. The summed E-state index contributed by atoms with van der Waals surface area (Å²) < 4.78 is 0. The van der Waals surface area contributed by atoms with Crippen LogP contribution in [0, 0.1) is 17.8 Å². The number of likely N-dealkylation sites (N-methyl/N-ethyl adjacent to an activating group) is 1. The van der Waals surface area contributed by atoms with Crippen LogP contribution in [0.4, 0.5) is 0 Å². The predicted molar refractivity (Wildman–Crippen MR) is 82.6 cm³/mol. The minimum Gasteiger partial charge on any atom is -0.341 e. The van der Waals surface area contributed by atoms with Crippen LogP contribution in [-0.4, -0.2) is 62.0 Å². The summed E-state index contributed by atoms with van der Waals surface area (Å²) in [6.07, 6.45) is 3.25. The quantitative estimate of drug-likeness (QED) is 0.846. The molecule has 2 aliphatic rings. The fourth-order valence-corrected chi connectivity index (χ4v) is 3.76. The van der Waals surface area contributed by atoms with Crippen molar-refractivity contribution in [1.29, 1.82) is 0 Å². The molecule has 20 heavy (non-hydrogen) atoms. The normalized spacial score (nSPS) is 32.6. The number of amides is 1. The Morgan fingerprint density at radius 1 is 1.40 bits per heavy atom. The maximum Gasteiger partial charge on any atom is 0.222 e. The fraction of sp³-hybridized carbons (Fsp3) is 0.938. The second-order valence-corrected chi connectivity index (χ2v) is 7.09. The topological polar surface area (TPSA) is 35.6 Å². The molecular weight excluding hydrogens is 250 g/mol. The van der Waals surface area contributed by atoms with Crippen LogP contribution in [-0.2, 0) is 4.79 Å². The van der Waals surface area contributed by atoms with E-state index in [1.807, 2.05) is 0 Å². The van der Waals surface area contributed by atoms with Crippen molar-refractivity contribution in [2.75, 3.05) is 40.3 Å². The van der Waals surface area contributed by atoms with E-state index in [9.17, 15) is 4.79 Å². The highest BCUT2D eigenvalue weighted by Gasteiger charge is 2.34. The van der Waals surface area contributed by atoms with Gasteiger partial charge in [-0.15, -0.1) is 0 Å². The molecule has 2 aliphatic heterocycles. The lowest BCUT2D eigenvalue weighted by atomic mass is 9.85. The van der Waals surface area contributed by atoms with Gasteiger partial charge in [-0.2, -0.15) is 0 Å². The summed E-state index contributed by atoms with van der Waals surface area (Å²) in [5, 5.41) is 3.46. The van der Waals surface area contributed by atoms with E-state index in [1.165, 1.54) is 12.8 Å². The smallest absolute Gasteiger partial charge is 0.222 e. The Labute approximate surface area is 123 Å². The monoisotopic (exact) mass is 281 g/mol. The van der Waals surface area contributed by atoms with E-state index in [0.29, 0.717) is 29.7 Å². The highest BCUT2D eigenvalue weighted by molar-refractivity contribution is 5.76. The van der Waals surface area contributed by atoms with Crippen molar-refractivity contribution < 1.29 is 4.79 Å². The van der Waals surface area contributed by atoms with Gasteiger partial charge in [0.05, 0.1) is 0 Å². The van der Waals surface area contributed by atoms with Gasteiger partial charge in [0.1, 0.15) is 0 Å². The molecule has 1 amide bonds. The summed E-state index contributed by atoms with van der Waals surface area (Å²) in [7, 11) is 4.23. The molecule has 2 heterocycles. The van der Waals surface area contributed by atoms with E-state index in [-0.39, 0.29) is 0 Å². The molecule has 0 bridgehead atoms. The molecule has 2 saturated heterocycles. The Hall–Kier alpha value is -0.610. The Kier molecular flexibility index (Phi) is 5.44. The van der Waals surface area contributed by atoms with Gasteiger partial charge in [0.25, 0.3) is 0 Å². The molecule has 2 fully saturated rings. The van der Waals surface area contributed by atoms with Crippen LogP contribution in [0.15, 0.2) is 0 Å². The summed E-state index contributed by atoms with van der Waals surface area (Å²) in [6.45, 7) is 8.57. The van der Waals surface area contributed by atoms with E-state index in [1.54, 1.807) is 0 Å². The van der Waals surface area contributed by atoms with Crippen molar-refractivity contribution in [2.24, 2.45) is 17.8 Å². The van der Waals surface area contributed by atoms with Gasteiger partial charge in [0, 0.05) is 25.6 Å². The van der Waals surface area contributed by atoms with Crippen molar-refractivity contribution in [3.8, 4) is 0 Å². The molecule has 1 N–H and O–H groups in total. The van der Waals surface area contributed by atoms with Crippen molar-refractivity contribution in [1.82, 2.24) is 15.1 Å². The first-order chi connectivity index (χ1) is 9.49. The summed E-state index contributed by atoms with van der Waals surface area (Å²) in [4.78, 5) is 16.8. The van der Waals surface area contributed by atoms with Gasteiger partial charge in [-0.3, -0.25) is 4.79 Å². The van der Waals surface area contributed by atoms with Crippen molar-refractivity contribution >= 4 is 5.91 Å². The predicted octanol–water partition coefficient (Wildman–Crippen LogP) is 1.42. The van der Waals surface area contributed by atoms with Gasteiger partial charge in [-0.25, -0.2) is 0 Å². The van der Waals surface area contributed by atoms with Crippen LogP contribution >= 0.6 is 0 Å². The molecule has 4 nitrogen and oxygen atoms in total. The minimum atomic E-state index is 0.360. The lowest BCUT2D eigenvalue weighted by Gasteiger charge is -2.29. The second-order valence-electron chi connectivity index (χ2n) is 7.09. The molecule has 4 unspecified atom stereocenters. The maximum atomic E-state index is 12.5. The van der Waals surface area contributed by atoms with E-state index in [2.05, 4.69) is 43.1 Å². The van der Waals surface area contributed by atoms with Crippen LogP contribution < -0.4 is 5.32 Å². The maximum absolute atomic E-state index is 12.5. The molecule has 2 rings (SSSR count). The molecule has 0 aliphatic carbocycles. The zero-order valence-corrected chi connectivity index (χ0v) is 13.6. The molecular formula is C16H31N3O. The number of hydrogen-bond acceptors (Lipinski definition) is 3. The first-order valence-corrected chi connectivity index (χ1v) is 8.14. The molecule has 4 heteroatoms. The molecule has 0 saturated carbocycles. The van der Waals surface area contributed by atoms with Crippen LogP contribution in [0.1, 0.15) is 33.1 Å². The Morgan fingerprint density at radius 2 is 2.15 bits per heavy atom. The third-order valence-electron chi connectivity index (χ3n) is 5.22. The molecule has 0 aromatic heterocycles. The molecule has 0 aromatic carbocycles. The van der Waals surface area contributed by atoms with Gasteiger partial charge in [0.2, 0.25) is 5.91 Å². The van der Waals surface area contributed by atoms with E-state index < -0.39 is 0 Å². The molecule has 116 valence electrons. The number of piperidine rings is 1. The summed E-state index contributed by atoms with van der Waals surface area (Å²) in [5.74, 6) is 2.13. The van der Waals surface area contributed by atoms with Crippen molar-refractivity contribution in [3.05, 3.63) is 0 Å². The van der Waals surface area contributed by atoms with E-state index in [0.717, 1.165) is 32.6 Å². The number of carbonyl (C=O) groups is 1. The van der Waals surface area contributed by atoms with Crippen LogP contribution in [0.25, 0.3) is 0 Å². The SMILES string of the molecule is CC(CC(=O)N1CC(C)C(N(C)C)C1)C1CCCNC1. The fourth-order valence-electron chi connectivity index (χ4n) is 3.76. The Balaban J connectivity index is 1.82. The van der Waals surface area contributed by atoms with Crippen LogP contribution in [0.3, 0.4) is 0 Å². The standard InChI is InChI=1S/C16H31N3O/c1-12(14-6-5-7-17-9-14)8-16(20)19-10-13(2)15(11-19)18(3)4/h12-15,17H,5-11H2,1-4H3. The lowest BCUT2D eigenvalue weighted by Crippen LogP contribution is -2.38. The summed E-state index contributed by atoms with van der Waals surface area (Å²) in [6, 6.07) is 0.519. The van der Waals surface area contributed by atoms with Gasteiger partial charge >= 0.3 is 0 Å². The van der Waals surface area contributed by atoms with Crippen LogP contribution in [0.2, 0.25) is 0 Å². The average Bonchev–Trinajstić information content (AvgIpc) is 2.82. The molecule has 4 atom stereocenters. The number of likely N-dealkylation sites (tertiary alicyclic amines) is 1. The van der Waals surface area contributed by atoms with Gasteiger partial charge < -0.3 is 15.1 Å². The van der Waals surface area contributed by atoms with Crippen molar-refractivity contribution in [2.45, 2.75) is 39.2 Å². The molecule has 0 radical (unpaired) electrons. The Bertz CT molecular complexity index is 326. The number of rotatable bonds is 4. The molecule has 0 aromatic rings. The third-order valence-corrected chi connectivity index (χ3v) is 5.22. The third kappa shape index (κ3) is 3.73. The first kappa shape index (κ1) is 15.8. The number of carbonyl (C=O) groups excluding carboxylic acids is 1. The number of nitrogens with one attached hydrogen (secondary N) is 1. The largest absolute Gasteiger partial charge is 0.341 e. The van der Waals surface area contributed by atoms with E-state index >= 15 is 0 Å². The summed E-state index contributed by atoms with van der Waals surface area (Å²) in [5.41, 5.74) is 0. The van der Waals surface area contributed by atoms with E-state index in [4.69, 9.17) is 0 Å². The van der Waals surface area contributed by atoms with Crippen molar-refractivity contribution in [3.63, 3.8) is 0 Å². The zero-order valence-electron chi connectivity index (χ0n) is 13.6. The highest BCUT2D eigenvalue weighted by Crippen LogP contribution is 2.26. The highest BCUT2D eigenvalue weighted by atomic mass is 16.2. The van der Waals surface area contributed by atoms with Gasteiger partial charge in [-0.05, 0) is 57.8 Å². The number of nitrogens with zero attached hydrogens (tertiary/aromatic N) is 2. The van der Waals surface area contributed by atoms with Gasteiger partial charge in [0.15, 0.2) is 0 Å². The minimum absolute atomic E-state index is 0.360. The first-order valence-electron chi connectivity index (χ1n) is 8.14. The number of hydrogen-bond donors (Lipinski definition) is 1.